The van der Waals surface area contributed by atoms with E-state index in [2.05, 4.69) is 10.2 Å². The fraction of sp³-hybridized carbons (Fsp3) is 0.375. The molecule has 8 heteroatoms. The van der Waals surface area contributed by atoms with Gasteiger partial charge in [0.25, 0.3) is 11.7 Å². The molecule has 0 radical (unpaired) electrons. The van der Waals surface area contributed by atoms with Crippen LogP contribution in [0.1, 0.15) is 39.2 Å². The van der Waals surface area contributed by atoms with E-state index in [4.69, 9.17) is 30.5 Å². The van der Waals surface area contributed by atoms with Gasteiger partial charge in [-0.2, -0.15) is 10.2 Å². The number of ether oxygens (including phenoxy) is 4. The second-order valence-electron chi connectivity index (χ2n) is 9.09. The molecule has 3 aliphatic heterocycles. The molecular formula is C24H23ClN2O5. The summed E-state index contributed by atoms with van der Waals surface area (Å²) in [5, 5.41) is 9.29. The minimum absolute atomic E-state index is 0.116. The Morgan fingerprint density at radius 2 is 1.62 bits per heavy atom. The highest BCUT2D eigenvalue weighted by molar-refractivity contribution is 6.30. The molecule has 0 bridgehead atoms. The molecule has 0 N–H and O–H groups in total. The van der Waals surface area contributed by atoms with Crippen molar-refractivity contribution in [2.75, 3.05) is 6.61 Å². The number of cyclic esters (lactones) is 1. The van der Waals surface area contributed by atoms with Crippen molar-refractivity contribution in [3.63, 3.8) is 0 Å². The molecule has 0 aromatic heterocycles. The number of carbonyl (C=O) groups excluding carboxylic acids is 1. The van der Waals surface area contributed by atoms with Crippen LogP contribution in [0.15, 0.2) is 64.2 Å². The van der Waals surface area contributed by atoms with Gasteiger partial charge in [0.15, 0.2) is 0 Å². The van der Waals surface area contributed by atoms with E-state index in [0.717, 1.165) is 5.56 Å². The first kappa shape index (κ1) is 20.8. The Kier molecular flexibility index (Phi) is 4.71. The van der Waals surface area contributed by atoms with Gasteiger partial charge in [0.2, 0.25) is 0 Å². The first-order chi connectivity index (χ1) is 15.1. The zero-order valence-electron chi connectivity index (χ0n) is 18.2. The molecule has 0 aliphatic carbocycles. The van der Waals surface area contributed by atoms with Gasteiger partial charge in [-0.3, -0.25) is 0 Å². The lowest BCUT2D eigenvalue weighted by molar-refractivity contribution is -0.249. The minimum Gasteiger partial charge on any atom is -0.493 e. The summed E-state index contributed by atoms with van der Waals surface area (Å²) >= 11 is 5.93. The molecule has 7 nitrogen and oxygen atoms in total. The Hall–Kier alpha value is -3.06. The number of benzene rings is 2. The lowest BCUT2D eigenvalue weighted by Crippen LogP contribution is -2.52. The topological polar surface area (TPSA) is 78.7 Å². The predicted octanol–water partition coefficient (Wildman–Crippen LogP) is 6.18. The Morgan fingerprint density at radius 1 is 0.938 bits per heavy atom. The van der Waals surface area contributed by atoms with E-state index in [1.165, 1.54) is 0 Å². The first-order valence-electron chi connectivity index (χ1n) is 10.4. The smallest absolute Gasteiger partial charge is 0.345 e. The Morgan fingerprint density at radius 3 is 2.38 bits per heavy atom. The van der Waals surface area contributed by atoms with Gasteiger partial charge in [-0.1, -0.05) is 11.6 Å². The van der Waals surface area contributed by atoms with Crippen molar-refractivity contribution in [3.8, 4) is 5.75 Å². The predicted molar refractivity (Wildman–Crippen MR) is 117 cm³/mol. The molecule has 3 heterocycles. The van der Waals surface area contributed by atoms with Crippen LogP contribution in [-0.2, 0) is 19.0 Å². The van der Waals surface area contributed by atoms with Crippen molar-refractivity contribution in [1.29, 1.82) is 0 Å². The van der Waals surface area contributed by atoms with Crippen molar-refractivity contribution < 1.29 is 23.7 Å². The Labute approximate surface area is 191 Å². The third kappa shape index (κ3) is 3.60. The van der Waals surface area contributed by atoms with E-state index < -0.39 is 17.4 Å². The number of halogens is 1. The zero-order chi connectivity index (χ0) is 22.7. The number of hydrogen-bond donors (Lipinski definition) is 0. The fourth-order valence-corrected chi connectivity index (χ4v) is 4.48. The van der Waals surface area contributed by atoms with E-state index in [1.807, 2.05) is 32.0 Å². The normalized spacial score (nSPS) is 25.0. The molecule has 0 fully saturated rings. The van der Waals surface area contributed by atoms with Gasteiger partial charge in [0.1, 0.15) is 16.9 Å². The SMILES string of the molecule is CC1(C)OC(=O)C2=C(O1)OC(C)(C)[C@@H]1COc3ccc(N=Nc4ccc(Cl)cc4)cc3[C@H]21. The lowest BCUT2D eigenvalue weighted by atomic mass is 9.70. The summed E-state index contributed by atoms with van der Waals surface area (Å²) in [5.41, 5.74) is 1.92. The van der Waals surface area contributed by atoms with Crippen LogP contribution < -0.4 is 4.74 Å². The van der Waals surface area contributed by atoms with Gasteiger partial charge in [0, 0.05) is 36.3 Å². The van der Waals surface area contributed by atoms with Gasteiger partial charge in [0.05, 0.1) is 18.0 Å². The summed E-state index contributed by atoms with van der Waals surface area (Å²) in [6, 6.07) is 12.7. The molecule has 32 heavy (non-hydrogen) atoms. The van der Waals surface area contributed by atoms with E-state index in [0.29, 0.717) is 34.3 Å². The third-order valence-electron chi connectivity index (χ3n) is 5.93. The maximum Gasteiger partial charge on any atom is 0.345 e. The number of esters is 1. The highest BCUT2D eigenvalue weighted by atomic mass is 35.5. The average molecular weight is 455 g/mol. The molecule has 0 spiro atoms. The zero-order valence-corrected chi connectivity index (χ0v) is 19.0. The van der Waals surface area contributed by atoms with Crippen LogP contribution >= 0.6 is 11.6 Å². The fourth-order valence-electron chi connectivity index (χ4n) is 4.35. The average Bonchev–Trinajstić information content (AvgIpc) is 2.71. The van der Waals surface area contributed by atoms with Gasteiger partial charge in [-0.05, 0) is 56.3 Å². The van der Waals surface area contributed by atoms with Crippen LogP contribution in [0, 0.1) is 5.92 Å². The largest absolute Gasteiger partial charge is 0.493 e. The van der Waals surface area contributed by atoms with E-state index in [-0.39, 0.29) is 17.8 Å². The lowest BCUT2D eigenvalue weighted by Gasteiger charge is -2.49. The monoisotopic (exact) mass is 454 g/mol. The van der Waals surface area contributed by atoms with Crippen molar-refractivity contribution in [2.45, 2.75) is 45.0 Å². The molecule has 2 aromatic carbocycles. The second-order valence-corrected chi connectivity index (χ2v) is 9.53. The number of rotatable bonds is 2. The molecule has 0 unspecified atom stereocenters. The number of nitrogens with zero attached hydrogens (tertiary/aromatic N) is 2. The van der Waals surface area contributed by atoms with Crippen LogP contribution in [0.25, 0.3) is 0 Å². The summed E-state index contributed by atoms with van der Waals surface area (Å²) in [7, 11) is 0. The van der Waals surface area contributed by atoms with Crippen LogP contribution in [0.5, 0.6) is 5.75 Å². The van der Waals surface area contributed by atoms with Gasteiger partial charge in [-0.25, -0.2) is 4.79 Å². The molecule has 2 atom stereocenters. The summed E-state index contributed by atoms with van der Waals surface area (Å²) in [6.45, 7) is 7.73. The standard InChI is InChI=1S/C24H23ClN2O5/c1-23(2)17-12-29-18-10-9-15(27-26-14-7-5-13(25)6-8-14)11-16(18)19(17)20-21(28)30-24(3,4)32-22(20)31-23/h5-11,17,19H,12H2,1-4H3/t17-,19+/m1/s1. The van der Waals surface area contributed by atoms with Crippen LogP contribution in [0.4, 0.5) is 11.4 Å². The maximum absolute atomic E-state index is 13.0. The van der Waals surface area contributed by atoms with E-state index >= 15 is 0 Å². The van der Waals surface area contributed by atoms with Crippen LogP contribution in [-0.4, -0.2) is 24.0 Å². The van der Waals surface area contributed by atoms with Crippen LogP contribution in [0.3, 0.4) is 0 Å². The van der Waals surface area contributed by atoms with Gasteiger partial charge < -0.3 is 18.9 Å². The Bertz CT molecular complexity index is 1150. The third-order valence-corrected chi connectivity index (χ3v) is 6.19. The molecule has 0 saturated carbocycles. The molecule has 0 saturated heterocycles. The second kappa shape index (κ2) is 7.24. The van der Waals surface area contributed by atoms with Crippen molar-refractivity contribution >= 4 is 28.9 Å². The quantitative estimate of drug-likeness (QED) is 0.400. The van der Waals surface area contributed by atoms with E-state index in [9.17, 15) is 4.79 Å². The molecule has 3 aliphatic rings. The van der Waals surface area contributed by atoms with Crippen LogP contribution in [0.2, 0.25) is 5.02 Å². The molecule has 166 valence electrons. The summed E-state index contributed by atoms with van der Waals surface area (Å²) in [4.78, 5) is 13.0. The van der Waals surface area contributed by atoms with Gasteiger partial charge >= 0.3 is 5.97 Å². The number of carbonyl (C=O) groups is 1. The summed E-state index contributed by atoms with van der Waals surface area (Å²) in [5.74, 6) is -1.05. The van der Waals surface area contributed by atoms with E-state index in [1.54, 1.807) is 38.1 Å². The first-order valence-corrected chi connectivity index (χ1v) is 10.8. The van der Waals surface area contributed by atoms with Crippen molar-refractivity contribution in [3.05, 3.63) is 64.6 Å². The summed E-state index contributed by atoms with van der Waals surface area (Å²) < 4.78 is 23.6. The highest BCUT2D eigenvalue weighted by Gasteiger charge is 2.55. The molecule has 0 amide bonds. The van der Waals surface area contributed by atoms with Crippen molar-refractivity contribution in [2.24, 2.45) is 16.1 Å². The van der Waals surface area contributed by atoms with Crippen molar-refractivity contribution in [1.82, 2.24) is 0 Å². The Balaban J connectivity index is 1.57. The minimum atomic E-state index is -1.10. The summed E-state index contributed by atoms with van der Waals surface area (Å²) in [6.07, 6.45) is 0. The number of hydrogen-bond acceptors (Lipinski definition) is 7. The molecular weight excluding hydrogens is 432 g/mol. The maximum atomic E-state index is 13.0. The number of fused-ring (bicyclic) bond motifs is 4. The highest BCUT2D eigenvalue weighted by Crippen LogP contribution is 2.54. The van der Waals surface area contributed by atoms with Gasteiger partial charge in [-0.15, -0.1) is 0 Å². The molecule has 5 rings (SSSR count). The molecule has 2 aromatic rings. The number of azo groups is 1.